The highest BCUT2D eigenvalue weighted by Crippen LogP contribution is 2.50. The molecular formula is C11H19NO2. The standard InChI is InChI=1S/C11H19NO2/c12-4-3-10-7-1-2-8(10)6-9(5-7)11(13)14/h7-10H,1-6,12H2,(H,13,14). The van der Waals surface area contributed by atoms with E-state index in [2.05, 4.69) is 0 Å². The van der Waals surface area contributed by atoms with Gasteiger partial charge in [0.25, 0.3) is 0 Å². The summed E-state index contributed by atoms with van der Waals surface area (Å²) in [5.74, 6) is 1.38. The molecule has 2 saturated carbocycles. The Bertz CT molecular complexity index is 215. The molecule has 0 aromatic heterocycles. The zero-order valence-corrected chi connectivity index (χ0v) is 8.48. The van der Waals surface area contributed by atoms with E-state index in [1.807, 2.05) is 0 Å². The number of carbonyl (C=O) groups is 1. The van der Waals surface area contributed by atoms with E-state index in [1.54, 1.807) is 0 Å². The van der Waals surface area contributed by atoms with Crippen molar-refractivity contribution in [1.29, 1.82) is 0 Å². The molecule has 0 spiro atoms. The quantitative estimate of drug-likeness (QED) is 0.720. The van der Waals surface area contributed by atoms with Gasteiger partial charge in [0.05, 0.1) is 5.92 Å². The van der Waals surface area contributed by atoms with Crippen LogP contribution in [0.1, 0.15) is 32.1 Å². The lowest BCUT2D eigenvalue weighted by molar-refractivity contribution is -0.144. The van der Waals surface area contributed by atoms with E-state index < -0.39 is 5.97 Å². The summed E-state index contributed by atoms with van der Waals surface area (Å²) in [7, 11) is 0. The first-order valence-corrected chi connectivity index (χ1v) is 5.65. The maximum Gasteiger partial charge on any atom is 0.306 e. The predicted octanol–water partition coefficient (Wildman–Crippen LogP) is 1.47. The molecule has 3 nitrogen and oxygen atoms in total. The second-order valence-corrected chi connectivity index (χ2v) is 4.85. The van der Waals surface area contributed by atoms with Crippen LogP contribution in [-0.4, -0.2) is 17.6 Å². The lowest BCUT2D eigenvalue weighted by atomic mass is 9.72. The molecule has 2 fully saturated rings. The fourth-order valence-electron chi connectivity index (χ4n) is 3.52. The summed E-state index contributed by atoms with van der Waals surface area (Å²) < 4.78 is 0. The Labute approximate surface area is 84.7 Å². The van der Waals surface area contributed by atoms with Crippen LogP contribution in [0.4, 0.5) is 0 Å². The van der Waals surface area contributed by atoms with Crippen molar-refractivity contribution in [2.45, 2.75) is 32.1 Å². The van der Waals surface area contributed by atoms with Crippen molar-refractivity contribution >= 4 is 5.97 Å². The van der Waals surface area contributed by atoms with Crippen LogP contribution in [0, 0.1) is 23.7 Å². The van der Waals surface area contributed by atoms with Gasteiger partial charge in [-0.05, 0) is 56.4 Å². The molecular weight excluding hydrogens is 178 g/mol. The van der Waals surface area contributed by atoms with Crippen LogP contribution in [0.5, 0.6) is 0 Å². The molecule has 3 N–H and O–H groups in total. The van der Waals surface area contributed by atoms with Gasteiger partial charge in [-0.15, -0.1) is 0 Å². The molecule has 2 aliphatic rings. The zero-order chi connectivity index (χ0) is 10.1. The summed E-state index contributed by atoms with van der Waals surface area (Å²) in [4.78, 5) is 10.9. The van der Waals surface area contributed by atoms with Gasteiger partial charge in [0, 0.05) is 0 Å². The molecule has 0 aromatic rings. The average Bonchev–Trinajstić information content (AvgIpc) is 2.40. The topological polar surface area (TPSA) is 63.3 Å². The molecule has 0 heterocycles. The van der Waals surface area contributed by atoms with Gasteiger partial charge in [-0.25, -0.2) is 0 Å². The lowest BCUT2D eigenvalue weighted by Crippen LogP contribution is -2.31. The van der Waals surface area contributed by atoms with Crippen LogP contribution in [0.15, 0.2) is 0 Å². The van der Waals surface area contributed by atoms with Gasteiger partial charge < -0.3 is 10.8 Å². The zero-order valence-electron chi connectivity index (χ0n) is 8.48. The van der Waals surface area contributed by atoms with E-state index in [1.165, 1.54) is 12.8 Å². The summed E-state index contributed by atoms with van der Waals surface area (Å²) in [5, 5.41) is 8.99. The summed E-state index contributed by atoms with van der Waals surface area (Å²) in [5.41, 5.74) is 5.59. The van der Waals surface area contributed by atoms with E-state index >= 15 is 0 Å². The van der Waals surface area contributed by atoms with Gasteiger partial charge in [-0.1, -0.05) is 0 Å². The number of nitrogens with two attached hydrogens (primary N) is 1. The van der Waals surface area contributed by atoms with Crippen LogP contribution in [0.2, 0.25) is 0 Å². The van der Waals surface area contributed by atoms with Crippen molar-refractivity contribution in [1.82, 2.24) is 0 Å². The fraction of sp³-hybridized carbons (Fsp3) is 0.909. The summed E-state index contributed by atoms with van der Waals surface area (Å²) in [6, 6.07) is 0. The first-order chi connectivity index (χ1) is 6.72. The van der Waals surface area contributed by atoms with Crippen molar-refractivity contribution in [3.05, 3.63) is 0 Å². The number of fused-ring (bicyclic) bond motifs is 2. The molecule has 2 aliphatic carbocycles. The van der Waals surface area contributed by atoms with Gasteiger partial charge in [0.2, 0.25) is 0 Å². The predicted molar refractivity (Wildman–Crippen MR) is 53.7 cm³/mol. The van der Waals surface area contributed by atoms with Crippen molar-refractivity contribution in [3.63, 3.8) is 0 Å². The molecule has 0 aliphatic heterocycles. The molecule has 0 amide bonds. The largest absolute Gasteiger partial charge is 0.481 e. The minimum absolute atomic E-state index is 0.0680. The fourth-order valence-corrected chi connectivity index (χ4v) is 3.52. The molecule has 2 rings (SSSR count). The Kier molecular flexibility index (Phi) is 2.77. The highest BCUT2D eigenvalue weighted by molar-refractivity contribution is 5.70. The second-order valence-electron chi connectivity index (χ2n) is 4.85. The van der Waals surface area contributed by atoms with E-state index in [-0.39, 0.29) is 5.92 Å². The first-order valence-electron chi connectivity index (χ1n) is 5.65. The summed E-state index contributed by atoms with van der Waals surface area (Å²) in [6.07, 6.45) is 5.37. The maximum atomic E-state index is 10.9. The minimum Gasteiger partial charge on any atom is -0.481 e. The van der Waals surface area contributed by atoms with E-state index in [0.29, 0.717) is 11.8 Å². The Morgan fingerprint density at radius 3 is 2.29 bits per heavy atom. The monoisotopic (exact) mass is 197 g/mol. The minimum atomic E-state index is -0.590. The van der Waals surface area contributed by atoms with Crippen LogP contribution < -0.4 is 5.73 Å². The number of rotatable bonds is 3. The third-order valence-corrected chi connectivity index (χ3v) is 4.14. The van der Waals surface area contributed by atoms with Crippen molar-refractivity contribution in [2.75, 3.05) is 6.54 Å². The first kappa shape index (κ1) is 9.97. The van der Waals surface area contributed by atoms with Gasteiger partial charge in [0.1, 0.15) is 0 Å². The van der Waals surface area contributed by atoms with Crippen LogP contribution >= 0.6 is 0 Å². The number of carboxylic acids is 1. The van der Waals surface area contributed by atoms with E-state index in [0.717, 1.165) is 31.7 Å². The Hall–Kier alpha value is -0.570. The van der Waals surface area contributed by atoms with E-state index in [9.17, 15) is 4.79 Å². The van der Waals surface area contributed by atoms with Crippen molar-refractivity contribution in [2.24, 2.45) is 29.4 Å². The molecule has 0 aromatic carbocycles. The highest BCUT2D eigenvalue weighted by Gasteiger charge is 2.43. The normalized spacial score (nSPS) is 41.2. The molecule has 0 radical (unpaired) electrons. The van der Waals surface area contributed by atoms with Gasteiger partial charge >= 0.3 is 5.97 Å². The van der Waals surface area contributed by atoms with Crippen LogP contribution in [0.3, 0.4) is 0 Å². The number of hydrogen-bond donors (Lipinski definition) is 2. The molecule has 80 valence electrons. The van der Waals surface area contributed by atoms with E-state index in [4.69, 9.17) is 10.8 Å². The third-order valence-electron chi connectivity index (χ3n) is 4.14. The van der Waals surface area contributed by atoms with Crippen LogP contribution in [0.25, 0.3) is 0 Å². The molecule has 2 unspecified atom stereocenters. The number of aliphatic carboxylic acids is 1. The Morgan fingerprint density at radius 1 is 1.29 bits per heavy atom. The number of hydrogen-bond acceptors (Lipinski definition) is 2. The van der Waals surface area contributed by atoms with Gasteiger partial charge in [-0.2, -0.15) is 0 Å². The van der Waals surface area contributed by atoms with Crippen molar-refractivity contribution in [3.8, 4) is 0 Å². The van der Waals surface area contributed by atoms with Gasteiger partial charge in [0.15, 0.2) is 0 Å². The van der Waals surface area contributed by atoms with Crippen LogP contribution in [-0.2, 0) is 4.79 Å². The SMILES string of the molecule is NCCC1C2CCC1CC(C(=O)O)C2. The molecule has 14 heavy (non-hydrogen) atoms. The maximum absolute atomic E-state index is 10.9. The Balaban J connectivity index is 2.01. The molecule has 2 atom stereocenters. The lowest BCUT2D eigenvalue weighted by Gasteiger charge is -2.33. The summed E-state index contributed by atoms with van der Waals surface area (Å²) in [6.45, 7) is 0.759. The number of carboxylic acid groups (broad SMARTS) is 1. The molecule has 3 heteroatoms. The smallest absolute Gasteiger partial charge is 0.306 e. The summed E-state index contributed by atoms with van der Waals surface area (Å²) >= 11 is 0. The van der Waals surface area contributed by atoms with Gasteiger partial charge in [-0.3, -0.25) is 4.79 Å². The van der Waals surface area contributed by atoms with Crippen molar-refractivity contribution < 1.29 is 9.90 Å². The average molecular weight is 197 g/mol. The second kappa shape index (κ2) is 3.89. The third kappa shape index (κ3) is 1.65. The molecule has 0 saturated heterocycles. The highest BCUT2D eigenvalue weighted by atomic mass is 16.4. The Morgan fingerprint density at radius 2 is 1.86 bits per heavy atom. The molecule has 2 bridgehead atoms.